The van der Waals surface area contributed by atoms with Gasteiger partial charge in [0.25, 0.3) is 0 Å². The maximum absolute atomic E-state index is 4.19. The zero-order valence-electron chi connectivity index (χ0n) is 8.56. The van der Waals surface area contributed by atoms with E-state index in [1.54, 1.807) is 0 Å². The normalized spacial score (nSPS) is 15.3. The van der Waals surface area contributed by atoms with E-state index in [0.29, 0.717) is 0 Å². The van der Waals surface area contributed by atoms with E-state index in [9.17, 15) is 0 Å². The van der Waals surface area contributed by atoms with Crippen LogP contribution in [0.2, 0.25) is 0 Å². The highest BCUT2D eigenvalue weighted by Gasteiger charge is 1.93. The van der Waals surface area contributed by atoms with Crippen molar-refractivity contribution >= 4 is 11.9 Å². The molecule has 0 saturated carbocycles. The number of nitrogens with zero attached hydrogens (tertiary/aromatic N) is 1. The number of benzene rings is 1. The second kappa shape index (κ2) is 5.15. The van der Waals surface area contributed by atoms with Crippen molar-refractivity contribution in [2.45, 2.75) is 12.8 Å². The quantitative estimate of drug-likeness (QED) is 0.449. The van der Waals surface area contributed by atoms with Crippen LogP contribution in [-0.2, 0) is 0 Å². The Bertz CT molecular complexity index is 388. The molecule has 0 heterocycles. The van der Waals surface area contributed by atoms with Crippen LogP contribution >= 0.6 is 0 Å². The lowest BCUT2D eigenvalue weighted by atomic mass is 10.1. The third-order valence-electron chi connectivity index (χ3n) is 2.23. The Morgan fingerprint density at radius 3 is 2.73 bits per heavy atom. The van der Waals surface area contributed by atoms with Crippen molar-refractivity contribution in [3.8, 4) is 0 Å². The molecule has 0 radical (unpaired) electrons. The van der Waals surface area contributed by atoms with Gasteiger partial charge in [0.05, 0.1) is 11.9 Å². The van der Waals surface area contributed by atoms with E-state index in [-0.39, 0.29) is 0 Å². The molecule has 0 aromatic heterocycles. The molecule has 1 aliphatic rings. The molecule has 15 heavy (non-hydrogen) atoms. The van der Waals surface area contributed by atoms with Crippen LogP contribution in [-0.4, -0.2) is 6.21 Å². The number of hydrazone groups is 1. The van der Waals surface area contributed by atoms with Gasteiger partial charge in [-0.2, -0.15) is 5.10 Å². The fourth-order valence-electron chi connectivity index (χ4n) is 1.43. The highest BCUT2D eigenvalue weighted by Crippen LogP contribution is 2.09. The molecule has 0 aliphatic heterocycles. The summed E-state index contributed by atoms with van der Waals surface area (Å²) >= 11 is 0. The molecule has 2 heteroatoms. The van der Waals surface area contributed by atoms with Gasteiger partial charge in [-0.1, -0.05) is 36.4 Å². The van der Waals surface area contributed by atoms with Gasteiger partial charge in [0.2, 0.25) is 0 Å². The third-order valence-corrected chi connectivity index (χ3v) is 2.23. The first-order valence-electron chi connectivity index (χ1n) is 5.13. The minimum absolute atomic E-state index is 0.986. The van der Waals surface area contributed by atoms with Gasteiger partial charge in [-0.25, -0.2) is 0 Å². The molecule has 0 fully saturated rings. The molecule has 2 nitrogen and oxygen atoms in total. The summed E-state index contributed by atoms with van der Waals surface area (Å²) in [5, 5.41) is 4.19. The van der Waals surface area contributed by atoms with Crippen LogP contribution < -0.4 is 5.43 Å². The van der Waals surface area contributed by atoms with Crippen LogP contribution in [0.4, 0.5) is 5.69 Å². The van der Waals surface area contributed by atoms with Crippen molar-refractivity contribution < 1.29 is 0 Å². The Kier molecular flexibility index (Phi) is 3.34. The van der Waals surface area contributed by atoms with E-state index in [1.807, 2.05) is 36.5 Å². The second-order valence-electron chi connectivity index (χ2n) is 3.43. The predicted molar refractivity (Wildman–Crippen MR) is 65.0 cm³/mol. The SMILES string of the molecule is C1=CCC(/C=N/Nc2ccccc2)=CC1. The molecule has 1 N–H and O–H groups in total. The highest BCUT2D eigenvalue weighted by molar-refractivity contribution is 5.79. The van der Waals surface area contributed by atoms with E-state index in [1.165, 1.54) is 5.57 Å². The minimum Gasteiger partial charge on any atom is -0.279 e. The predicted octanol–water partition coefficient (Wildman–Crippen LogP) is 3.36. The standard InChI is InChI=1S/C13H14N2/c1-3-7-12(8-4-1)11-14-15-13-9-5-2-6-10-13/h1-3,5-6,8-11,15H,4,7H2/b14-11+. The largest absolute Gasteiger partial charge is 0.279 e. The molecule has 0 bridgehead atoms. The van der Waals surface area contributed by atoms with Gasteiger partial charge in [-0.15, -0.1) is 0 Å². The maximum Gasteiger partial charge on any atom is 0.0561 e. The summed E-state index contributed by atoms with van der Waals surface area (Å²) in [6.07, 6.45) is 10.4. The van der Waals surface area contributed by atoms with E-state index in [0.717, 1.165) is 18.5 Å². The van der Waals surface area contributed by atoms with E-state index in [2.05, 4.69) is 28.8 Å². The van der Waals surface area contributed by atoms with Crippen LogP contribution in [0.1, 0.15) is 12.8 Å². The molecule has 1 aliphatic carbocycles. The summed E-state index contributed by atoms with van der Waals surface area (Å²) in [6, 6.07) is 9.95. The van der Waals surface area contributed by atoms with E-state index >= 15 is 0 Å². The molecule has 1 aromatic rings. The summed E-state index contributed by atoms with van der Waals surface area (Å²) in [7, 11) is 0. The Labute approximate surface area is 90.0 Å². The smallest absolute Gasteiger partial charge is 0.0561 e. The summed E-state index contributed by atoms with van der Waals surface area (Å²) in [6.45, 7) is 0. The molecule has 0 unspecified atom stereocenters. The Hall–Kier alpha value is -1.83. The zero-order chi connectivity index (χ0) is 10.3. The Balaban J connectivity index is 1.88. The summed E-state index contributed by atoms with van der Waals surface area (Å²) in [5.41, 5.74) is 5.28. The monoisotopic (exact) mass is 198 g/mol. The zero-order valence-corrected chi connectivity index (χ0v) is 8.56. The second-order valence-corrected chi connectivity index (χ2v) is 3.43. The lowest BCUT2D eigenvalue weighted by Crippen LogP contribution is -1.92. The topological polar surface area (TPSA) is 24.4 Å². The number of anilines is 1. The average molecular weight is 198 g/mol. The van der Waals surface area contributed by atoms with Crippen molar-refractivity contribution in [2.75, 3.05) is 5.43 Å². The van der Waals surface area contributed by atoms with Gasteiger partial charge in [-0.3, -0.25) is 5.43 Å². The lowest BCUT2D eigenvalue weighted by molar-refractivity contribution is 1.19. The number of rotatable bonds is 3. The molecule has 2 rings (SSSR count). The van der Waals surface area contributed by atoms with Crippen LogP contribution in [0.3, 0.4) is 0 Å². The fraction of sp³-hybridized carbons (Fsp3) is 0.154. The van der Waals surface area contributed by atoms with Gasteiger partial charge in [-0.05, 0) is 30.5 Å². The lowest BCUT2D eigenvalue weighted by Gasteiger charge is -2.02. The molecule has 0 amide bonds. The van der Waals surface area contributed by atoms with Gasteiger partial charge >= 0.3 is 0 Å². The molecule has 0 spiro atoms. The summed E-state index contributed by atoms with van der Waals surface area (Å²) in [4.78, 5) is 0. The van der Waals surface area contributed by atoms with Gasteiger partial charge in [0.15, 0.2) is 0 Å². The number of allylic oxidation sites excluding steroid dienone is 4. The molecular weight excluding hydrogens is 184 g/mol. The van der Waals surface area contributed by atoms with Crippen LogP contribution in [0.5, 0.6) is 0 Å². The number of hydrogen-bond donors (Lipinski definition) is 1. The van der Waals surface area contributed by atoms with Crippen molar-refractivity contribution in [1.82, 2.24) is 0 Å². The van der Waals surface area contributed by atoms with E-state index < -0.39 is 0 Å². The van der Waals surface area contributed by atoms with Gasteiger partial charge in [0.1, 0.15) is 0 Å². The van der Waals surface area contributed by atoms with Crippen LogP contribution in [0.15, 0.2) is 59.2 Å². The Morgan fingerprint density at radius 1 is 1.13 bits per heavy atom. The first-order chi connectivity index (χ1) is 7.45. The molecule has 1 aromatic carbocycles. The molecular formula is C13H14N2. The fourth-order valence-corrected chi connectivity index (χ4v) is 1.43. The maximum atomic E-state index is 4.19. The number of nitrogens with one attached hydrogen (secondary N) is 1. The van der Waals surface area contributed by atoms with Crippen LogP contribution in [0.25, 0.3) is 0 Å². The van der Waals surface area contributed by atoms with Crippen molar-refractivity contribution in [2.24, 2.45) is 5.10 Å². The van der Waals surface area contributed by atoms with Gasteiger partial charge in [0, 0.05) is 0 Å². The third kappa shape index (κ3) is 3.09. The van der Waals surface area contributed by atoms with Crippen molar-refractivity contribution in [1.29, 1.82) is 0 Å². The molecule has 0 saturated heterocycles. The summed E-state index contributed by atoms with van der Waals surface area (Å²) < 4.78 is 0. The highest BCUT2D eigenvalue weighted by atomic mass is 15.3. The van der Waals surface area contributed by atoms with Crippen molar-refractivity contribution in [3.63, 3.8) is 0 Å². The number of hydrogen-bond acceptors (Lipinski definition) is 2. The van der Waals surface area contributed by atoms with Gasteiger partial charge < -0.3 is 0 Å². The van der Waals surface area contributed by atoms with Crippen LogP contribution in [0, 0.1) is 0 Å². The van der Waals surface area contributed by atoms with Crippen molar-refractivity contribution in [3.05, 3.63) is 54.1 Å². The first-order valence-corrected chi connectivity index (χ1v) is 5.13. The first kappa shape index (κ1) is 9.71. The molecule has 0 atom stereocenters. The van der Waals surface area contributed by atoms with E-state index in [4.69, 9.17) is 0 Å². The average Bonchev–Trinajstić information content (AvgIpc) is 2.32. The molecule has 76 valence electrons. The minimum atomic E-state index is 0.986. The summed E-state index contributed by atoms with van der Waals surface area (Å²) in [5.74, 6) is 0. The number of para-hydroxylation sites is 1. The Morgan fingerprint density at radius 2 is 2.00 bits per heavy atom.